The van der Waals surface area contributed by atoms with E-state index in [1.54, 1.807) is 97.1 Å². The van der Waals surface area contributed by atoms with Gasteiger partial charge in [-0.05, 0) is 55.5 Å². The van der Waals surface area contributed by atoms with E-state index in [1.807, 2.05) is 44.2 Å². The molecule has 3 aromatic carbocycles. The molecule has 0 radical (unpaired) electrons. The van der Waals surface area contributed by atoms with Crippen LogP contribution in [-0.4, -0.2) is 56.9 Å². The molecule has 0 bridgehead atoms. The normalized spacial score (nSPS) is 21.9. The van der Waals surface area contributed by atoms with E-state index in [9.17, 15) is 39.0 Å². The van der Waals surface area contributed by atoms with E-state index in [2.05, 4.69) is 21.3 Å². The highest BCUT2D eigenvalue weighted by Crippen LogP contribution is 2.32. The van der Waals surface area contributed by atoms with Crippen LogP contribution in [-0.2, 0) is 25.6 Å². The molecule has 0 heterocycles. The summed E-state index contributed by atoms with van der Waals surface area (Å²) in [5, 5.41) is 30.7. The number of carbonyl (C=O) groups is 6. The van der Waals surface area contributed by atoms with Crippen LogP contribution in [0.4, 0.5) is 11.4 Å². The van der Waals surface area contributed by atoms with Crippen LogP contribution in [0.5, 0.6) is 0 Å². The van der Waals surface area contributed by atoms with Crippen LogP contribution in [0, 0.1) is 17.8 Å². The van der Waals surface area contributed by atoms with Crippen LogP contribution in [0.15, 0.2) is 127 Å². The standard InChI is InChI=1S/C24H24N2O4.C23H28N2O4/c1-2-24(15-9-8-13-19(24)23(29)30)26-22(28)18-12-6-7-14-20(18)25-21(27)16-17-10-4-3-5-11-17;1-2-23(15-9-8-13-18(23)22(28)29)25-21(27)17-12-6-7-14-19(17)24-20(26)16-10-4-3-5-11-16/h3-15,19H,2,16H2,1H3,(H,25,27)(H,26,28)(H,29,30);6-9,12-16,18H,2-5,10-11H2,1H3,(H,24,26)(H,25,27)(H,28,29). The van der Waals surface area contributed by atoms with Crippen LogP contribution in [0.2, 0.25) is 0 Å². The van der Waals surface area contributed by atoms with Crippen LogP contribution >= 0.6 is 0 Å². The lowest BCUT2D eigenvalue weighted by Crippen LogP contribution is -2.54. The Hall–Kier alpha value is -6.56. The minimum Gasteiger partial charge on any atom is -0.481 e. The number of amides is 4. The van der Waals surface area contributed by atoms with Crippen LogP contribution < -0.4 is 21.3 Å². The van der Waals surface area contributed by atoms with Crippen molar-refractivity contribution < 1.29 is 39.0 Å². The van der Waals surface area contributed by atoms with Gasteiger partial charge in [-0.15, -0.1) is 0 Å². The molecular formula is C47H52N4O8. The van der Waals surface area contributed by atoms with Crippen molar-refractivity contribution in [3.63, 3.8) is 0 Å². The van der Waals surface area contributed by atoms with Crippen molar-refractivity contribution in [3.8, 4) is 0 Å². The van der Waals surface area contributed by atoms with Gasteiger partial charge >= 0.3 is 11.9 Å². The highest BCUT2D eigenvalue weighted by Gasteiger charge is 2.42. The van der Waals surface area contributed by atoms with E-state index in [-0.39, 0.29) is 29.7 Å². The number of carboxylic acid groups (broad SMARTS) is 2. The lowest BCUT2D eigenvalue weighted by molar-refractivity contribution is -0.143. The van der Waals surface area contributed by atoms with Crippen molar-refractivity contribution in [1.29, 1.82) is 0 Å². The summed E-state index contributed by atoms with van der Waals surface area (Å²) in [4.78, 5) is 74.8. The third-order valence-electron chi connectivity index (χ3n) is 11.2. The first-order valence-electron chi connectivity index (χ1n) is 20.1. The smallest absolute Gasteiger partial charge is 0.313 e. The van der Waals surface area contributed by atoms with E-state index in [0.717, 1.165) is 37.7 Å². The number of anilines is 2. The third-order valence-corrected chi connectivity index (χ3v) is 11.2. The van der Waals surface area contributed by atoms with Crippen LogP contribution in [0.1, 0.15) is 85.1 Å². The quantitative estimate of drug-likeness (QED) is 0.103. The summed E-state index contributed by atoms with van der Waals surface area (Å²) < 4.78 is 0. The lowest BCUT2D eigenvalue weighted by atomic mass is 9.78. The van der Waals surface area contributed by atoms with Crippen LogP contribution in [0.3, 0.4) is 0 Å². The Labute approximate surface area is 344 Å². The molecule has 12 nitrogen and oxygen atoms in total. The molecular weight excluding hydrogens is 749 g/mol. The number of hydrogen-bond donors (Lipinski definition) is 6. The first-order valence-corrected chi connectivity index (χ1v) is 20.1. The van der Waals surface area contributed by atoms with E-state index < -0.39 is 46.7 Å². The maximum atomic E-state index is 13.1. The van der Waals surface area contributed by atoms with Crippen molar-refractivity contribution in [1.82, 2.24) is 10.6 Å². The van der Waals surface area contributed by atoms with E-state index in [0.29, 0.717) is 29.8 Å². The maximum Gasteiger partial charge on any atom is 0.313 e. The average molecular weight is 801 g/mol. The number of carbonyl (C=O) groups excluding carboxylic acids is 4. The van der Waals surface area contributed by atoms with Gasteiger partial charge in [-0.25, -0.2) is 0 Å². The molecule has 3 aliphatic rings. The molecule has 0 aliphatic heterocycles. The van der Waals surface area contributed by atoms with Crippen molar-refractivity contribution in [3.05, 3.63) is 144 Å². The molecule has 3 aliphatic carbocycles. The van der Waals surface area contributed by atoms with Gasteiger partial charge in [-0.3, -0.25) is 28.8 Å². The summed E-state index contributed by atoms with van der Waals surface area (Å²) in [5.41, 5.74) is 0.246. The fourth-order valence-corrected chi connectivity index (χ4v) is 7.77. The van der Waals surface area contributed by atoms with Gasteiger partial charge in [-0.1, -0.05) is 136 Å². The number of benzene rings is 3. The number of allylic oxidation sites excluding steroid dienone is 4. The molecule has 308 valence electrons. The van der Waals surface area contributed by atoms with Crippen molar-refractivity contribution in [2.75, 3.05) is 10.6 Å². The minimum absolute atomic E-state index is 0.0235. The average Bonchev–Trinajstić information content (AvgIpc) is 3.25. The number of nitrogens with one attached hydrogen (secondary N) is 4. The zero-order chi connectivity index (χ0) is 42.4. The molecule has 6 rings (SSSR count). The second-order valence-corrected chi connectivity index (χ2v) is 14.9. The Morgan fingerprint density at radius 3 is 1.53 bits per heavy atom. The molecule has 4 atom stereocenters. The Morgan fingerprint density at radius 1 is 0.593 bits per heavy atom. The van der Waals surface area contributed by atoms with E-state index in [1.165, 1.54) is 0 Å². The third kappa shape index (κ3) is 10.9. The predicted molar refractivity (Wildman–Crippen MR) is 227 cm³/mol. The topological polar surface area (TPSA) is 191 Å². The Morgan fingerprint density at radius 2 is 1.05 bits per heavy atom. The molecule has 0 saturated heterocycles. The molecule has 1 fully saturated rings. The monoisotopic (exact) mass is 800 g/mol. The lowest BCUT2D eigenvalue weighted by Gasteiger charge is -2.36. The Balaban J connectivity index is 0.000000224. The van der Waals surface area contributed by atoms with Crippen molar-refractivity contribution >= 4 is 46.9 Å². The summed E-state index contributed by atoms with van der Waals surface area (Å²) in [6.07, 6.45) is 19.4. The van der Waals surface area contributed by atoms with Gasteiger partial charge in [0.05, 0.1) is 40.0 Å². The summed E-state index contributed by atoms with van der Waals surface area (Å²) >= 11 is 0. The van der Waals surface area contributed by atoms with E-state index >= 15 is 0 Å². The van der Waals surface area contributed by atoms with Gasteiger partial charge in [0.1, 0.15) is 11.8 Å². The van der Waals surface area contributed by atoms with Crippen molar-refractivity contribution in [2.45, 2.75) is 76.3 Å². The number of hydrogen-bond acceptors (Lipinski definition) is 6. The fraction of sp³-hybridized carbons (Fsp3) is 0.319. The summed E-state index contributed by atoms with van der Waals surface area (Å²) in [7, 11) is 0. The highest BCUT2D eigenvalue weighted by atomic mass is 16.4. The number of rotatable bonds is 13. The predicted octanol–water partition coefficient (Wildman–Crippen LogP) is 7.48. The van der Waals surface area contributed by atoms with Gasteiger partial charge in [0, 0.05) is 5.92 Å². The Bertz CT molecular complexity index is 2140. The van der Waals surface area contributed by atoms with E-state index in [4.69, 9.17) is 0 Å². The number of para-hydroxylation sites is 2. The fourth-order valence-electron chi connectivity index (χ4n) is 7.77. The van der Waals surface area contributed by atoms with Crippen LogP contribution in [0.25, 0.3) is 0 Å². The zero-order valence-electron chi connectivity index (χ0n) is 33.4. The first kappa shape index (κ1) is 43.6. The summed E-state index contributed by atoms with van der Waals surface area (Å²) in [6, 6.07) is 22.9. The zero-order valence-corrected chi connectivity index (χ0v) is 33.4. The first-order chi connectivity index (χ1) is 28.4. The van der Waals surface area contributed by atoms with Gasteiger partial charge < -0.3 is 31.5 Å². The molecule has 12 heteroatoms. The molecule has 6 N–H and O–H groups in total. The van der Waals surface area contributed by atoms with Gasteiger partial charge in [-0.2, -0.15) is 0 Å². The van der Waals surface area contributed by atoms with Gasteiger partial charge in [0.25, 0.3) is 11.8 Å². The SMILES string of the molecule is CCC1(NC(=O)c2ccccc2NC(=O)C2CCCCC2)C=CC=CC1C(=O)O.CCC1(NC(=O)c2ccccc2NC(=O)Cc2ccccc2)C=CC=CC1C(=O)O. The maximum absolute atomic E-state index is 13.1. The molecule has 1 saturated carbocycles. The number of carboxylic acids is 2. The largest absolute Gasteiger partial charge is 0.481 e. The molecule has 0 aromatic heterocycles. The summed E-state index contributed by atoms with van der Waals surface area (Å²) in [6.45, 7) is 3.67. The number of aliphatic carboxylic acids is 2. The Kier molecular flexibility index (Phi) is 14.9. The van der Waals surface area contributed by atoms with Crippen molar-refractivity contribution in [2.24, 2.45) is 17.8 Å². The second-order valence-electron chi connectivity index (χ2n) is 14.9. The molecule has 4 amide bonds. The molecule has 0 spiro atoms. The van der Waals surface area contributed by atoms with Gasteiger partial charge in [0.2, 0.25) is 11.8 Å². The highest BCUT2D eigenvalue weighted by molar-refractivity contribution is 6.05. The van der Waals surface area contributed by atoms with Gasteiger partial charge in [0.15, 0.2) is 0 Å². The minimum atomic E-state index is -1.04. The molecule has 3 aromatic rings. The summed E-state index contributed by atoms with van der Waals surface area (Å²) in [5.74, 6) is -4.91. The second kappa shape index (κ2) is 20.2. The molecule has 59 heavy (non-hydrogen) atoms. The molecule has 4 unspecified atom stereocenters.